The molecule has 3 nitrogen and oxygen atoms in total. The van der Waals surface area contributed by atoms with E-state index in [9.17, 15) is 8.78 Å². The van der Waals surface area contributed by atoms with Crippen LogP contribution >= 0.6 is 15.9 Å². The number of hydrogen-bond donors (Lipinski definition) is 1. The fraction of sp³-hybridized carbons (Fsp3) is 0.308. The molecule has 0 atom stereocenters. The number of halogens is 3. The molecule has 1 fully saturated rings. The third-order valence-electron chi connectivity index (χ3n) is 3.14. The van der Waals surface area contributed by atoms with Crippen LogP contribution in [0.5, 0.6) is 0 Å². The number of anilines is 1. The van der Waals surface area contributed by atoms with E-state index in [4.69, 9.17) is 0 Å². The van der Waals surface area contributed by atoms with Crippen LogP contribution < -0.4 is 5.32 Å². The van der Waals surface area contributed by atoms with Gasteiger partial charge in [-0.25, -0.2) is 13.8 Å². The van der Waals surface area contributed by atoms with E-state index in [2.05, 4.69) is 30.8 Å². The van der Waals surface area contributed by atoms with Crippen LogP contribution in [0.25, 0.3) is 0 Å². The molecular formula is C13H12BrF2N3. The van der Waals surface area contributed by atoms with Gasteiger partial charge in [0.1, 0.15) is 11.6 Å². The Hall–Kier alpha value is -1.43. The lowest BCUT2D eigenvalue weighted by molar-refractivity contribution is 0.583. The summed E-state index contributed by atoms with van der Waals surface area (Å²) in [7, 11) is 0. The van der Waals surface area contributed by atoms with Gasteiger partial charge in [0.15, 0.2) is 0 Å². The molecule has 0 spiro atoms. The van der Waals surface area contributed by atoms with Crippen molar-refractivity contribution < 1.29 is 8.78 Å². The molecule has 1 N–H and O–H groups in total. The number of nitrogens with one attached hydrogen (secondary N) is 1. The summed E-state index contributed by atoms with van der Waals surface area (Å²) in [5.74, 6) is -1.21. The van der Waals surface area contributed by atoms with Crippen molar-refractivity contribution in [1.29, 1.82) is 0 Å². The summed E-state index contributed by atoms with van der Waals surface area (Å²) in [4.78, 5) is 4.11. The van der Waals surface area contributed by atoms with Gasteiger partial charge < -0.3 is 9.88 Å². The fourth-order valence-corrected chi connectivity index (χ4v) is 2.59. The molecular weight excluding hydrogens is 316 g/mol. The van der Waals surface area contributed by atoms with E-state index in [1.54, 1.807) is 12.5 Å². The first-order valence-electron chi connectivity index (χ1n) is 6.04. The predicted molar refractivity (Wildman–Crippen MR) is 71.9 cm³/mol. The van der Waals surface area contributed by atoms with E-state index in [0.717, 1.165) is 24.6 Å². The Morgan fingerprint density at radius 1 is 1.37 bits per heavy atom. The molecule has 1 saturated carbocycles. The maximum Gasteiger partial charge on any atom is 0.150 e. The largest absolute Gasteiger partial charge is 0.376 e. The van der Waals surface area contributed by atoms with Gasteiger partial charge in [-0.1, -0.05) is 0 Å². The Morgan fingerprint density at radius 2 is 2.16 bits per heavy atom. The summed E-state index contributed by atoms with van der Waals surface area (Å²) in [6.07, 6.45) is 5.89. The SMILES string of the molecule is Fc1cc(F)c(NCc2cncn2C2CC2)c(Br)c1. The van der Waals surface area contributed by atoms with Gasteiger partial charge in [-0.3, -0.25) is 0 Å². The molecule has 0 radical (unpaired) electrons. The van der Waals surface area contributed by atoms with E-state index in [-0.39, 0.29) is 5.69 Å². The summed E-state index contributed by atoms with van der Waals surface area (Å²) in [6.45, 7) is 0.456. The molecule has 0 saturated heterocycles. The average Bonchev–Trinajstić information content (AvgIpc) is 3.08. The molecule has 0 bridgehead atoms. The van der Waals surface area contributed by atoms with Gasteiger partial charge >= 0.3 is 0 Å². The highest BCUT2D eigenvalue weighted by molar-refractivity contribution is 9.10. The summed E-state index contributed by atoms with van der Waals surface area (Å²) >= 11 is 3.16. The van der Waals surface area contributed by atoms with E-state index in [1.807, 2.05) is 0 Å². The fourth-order valence-electron chi connectivity index (χ4n) is 2.04. The molecule has 1 aliphatic carbocycles. The molecule has 6 heteroatoms. The number of rotatable bonds is 4. The molecule has 3 rings (SSSR count). The van der Waals surface area contributed by atoms with Gasteiger partial charge in [-0.05, 0) is 34.8 Å². The van der Waals surface area contributed by atoms with Crippen molar-refractivity contribution in [2.75, 3.05) is 5.32 Å². The van der Waals surface area contributed by atoms with Crippen molar-refractivity contribution in [3.05, 3.63) is 46.5 Å². The quantitative estimate of drug-likeness (QED) is 0.923. The van der Waals surface area contributed by atoms with Gasteiger partial charge in [0, 0.05) is 22.8 Å². The Labute approximate surface area is 117 Å². The standard InChI is InChI=1S/C13H12BrF2N3/c14-11-3-8(15)4-12(16)13(11)18-6-10-5-17-7-19(10)9-1-2-9/h3-5,7,9,18H,1-2,6H2. The predicted octanol–water partition coefficient (Wildman–Crippen LogP) is 3.87. The number of aromatic nitrogens is 2. The van der Waals surface area contributed by atoms with Crippen molar-refractivity contribution in [2.24, 2.45) is 0 Å². The van der Waals surface area contributed by atoms with Crippen molar-refractivity contribution in [3.8, 4) is 0 Å². The topological polar surface area (TPSA) is 29.9 Å². The second-order valence-corrected chi connectivity index (χ2v) is 5.48. The molecule has 0 amide bonds. The normalized spacial score (nSPS) is 14.7. The number of nitrogens with zero attached hydrogens (tertiary/aromatic N) is 2. The lowest BCUT2D eigenvalue weighted by atomic mass is 10.3. The van der Waals surface area contributed by atoms with Crippen LogP contribution in [-0.2, 0) is 6.54 Å². The number of imidazole rings is 1. The van der Waals surface area contributed by atoms with Crippen molar-refractivity contribution in [1.82, 2.24) is 9.55 Å². The zero-order valence-corrected chi connectivity index (χ0v) is 11.6. The Balaban J connectivity index is 1.77. The van der Waals surface area contributed by atoms with Crippen LogP contribution in [0, 0.1) is 11.6 Å². The summed E-state index contributed by atoms with van der Waals surface area (Å²) < 4.78 is 29.1. The molecule has 1 aromatic carbocycles. The Kier molecular flexibility index (Phi) is 3.26. The first kappa shape index (κ1) is 12.6. The highest BCUT2D eigenvalue weighted by atomic mass is 79.9. The highest BCUT2D eigenvalue weighted by Gasteiger charge is 2.25. The summed E-state index contributed by atoms with van der Waals surface area (Å²) in [6, 6.07) is 2.63. The van der Waals surface area contributed by atoms with Crippen molar-refractivity contribution in [2.45, 2.75) is 25.4 Å². The van der Waals surface area contributed by atoms with Gasteiger partial charge in [0.2, 0.25) is 0 Å². The third-order valence-corrected chi connectivity index (χ3v) is 3.77. The van der Waals surface area contributed by atoms with E-state index in [1.165, 1.54) is 6.07 Å². The van der Waals surface area contributed by atoms with Crippen molar-refractivity contribution in [3.63, 3.8) is 0 Å². The second kappa shape index (κ2) is 4.92. The van der Waals surface area contributed by atoms with E-state index >= 15 is 0 Å². The van der Waals surface area contributed by atoms with Gasteiger partial charge in [-0.2, -0.15) is 0 Å². The molecule has 1 aliphatic rings. The summed E-state index contributed by atoms with van der Waals surface area (Å²) in [5.41, 5.74) is 1.27. The molecule has 2 aromatic rings. The van der Waals surface area contributed by atoms with E-state index in [0.29, 0.717) is 17.1 Å². The molecule has 19 heavy (non-hydrogen) atoms. The van der Waals surface area contributed by atoms with Crippen molar-refractivity contribution >= 4 is 21.6 Å². The van der Waals surface area contributed by atoms with Crippen LogP contribution in [-0.4, -0.2) is 9.55 Å². The van der Waals surface area contributed by atoms with Gasteiger partial charge in [0.05, 0.1) is 24.3 Å². The molecule has 1 heterocycles. The second-order valence-electron chi connectivity index (χ2n) is 4.62. The Bertz CT molecular complexity index is 585. The maximum atomic E-state index is 13.7. The highest BCUT2D eigenvalue weighted by Crippen LogP contribution is 2.36. The number of hydrogen-bond acceptors (Lipinski definition) is 2. The molecule has 0 unspecified atom stereocenters. The maximum absolute atomic E-state index is 13.7. The van der Waals surface area contributed by atoms with Crippen LogP contribution in [0.15, 0.2) is 29.1 Å². The minimum atomic E-state index is -0.607. The van der Waals surface area contributed by atoms with Gasteiger partial charge in [0.25, 0.3) is 0 Å². The lowest BCUT2D eigenvalue weighted by Gasteiger charge is -2.11. The molecule has 0 aliphatic heterocycles. The molecule has 1 aromatic heterocycles. The monoisotopic (exact) mass is 327 g/mol. The third kappa shape index (κ3) is 2.63. The molecule has 100 valence electrons. The summed E-state index contributed by atoms with van der Waals surface area (Å²) in [5, 5.41) is 2.98. The number of benzene rings is 1. The minimum absolute atomic E-state index is 0.268. The van der Waals surface area contributed by atoms with Gasteiger partial charge in [-0.15, -0.1) is 0 Å². The first-order chi connectivity index (χ1) is 9.15. The van der Waals surface area contributed by atoms with Crippen LogP contribution in [0.4, 0.5) is 14.5 Å². The minimum Gasteiger partial charge on any atom is -0.376 e. The first-order valence-corrected chi connectivity index (χ1v) is 6.83. The van der Waals surface area contributed by atoms with Crippen LogP contribution in [0.2, 0.25) is 0 Å². The average molecular weight is 328 g/mol. The van der Waals surface area contributed by atoms with Crippen LogP contribution in [0.1, 0.15) is 24.6 Å². The lowest BCUT2D eigenvalue weighted by Crippen LogP contribution is -2.07. The van der Waals surface area contributed by atoms with E-state index < -0.39 is 11.6 Å². The zero-order chi connectivity index (χ0) is 13.4. The zero-order valence-electron chi connectivity index (χ0n) is 10.0. The Morgan fingerprint density at radius 3 is 2.84 bits per heavy atom. The smallest absolute Gasteiger partial charge is 0.150 e. The van der Waals surface area contributed by atoms with Crippen LogP contribution in [0.3, 0.4) is 0 Å².